The summed E-state index contributed by atoms with van der Waals surface area (Å²) in [6, 6.07) is 3.47. The van der Waals surface area contributed by atoms with Gasteiger partial charge in [0, 0.05) is 18.0 Å². The number of para-hydroxylation sites is 1. The molecule has 152 valence electrons. The van der Waals surface area contributed by atoms with E-state index in [-0.39, 0.29) is 21.0 Å². The molecule has 6 nitrogen and oxygen atoms in total. The van der Waals surface area contributed by atoms with Crippen LogP contribution in [0, 0.1) is 0 Å². The number of benzene rings is 1. The standard InChI is InChI=1S/C16H12F6N2O4/c1-28-12(25)10(23-13(26)15(17,18)19)6-8-7-24(14(27)16(20,21)22)11-5-3-2-4-9(8)11/h2-5,7,10H,6H2,1H3,(H,23,26). The number of nitrogens with zero attached hydrogens (tertiary/aromatic N) is 1. The van der Waals surface area contributed by atoms with Gasteiger partial charge in [-0.2, -0.15) is 26.3 Å². The average Bonchev–Trinajstić information content (AvgIpc) is 2.96. The van der Waals surface area contributed by atoms with Gasteiger partial charge in [0.2, 0.25) is 0 Å². The molecule has 1 heterocycles. The Balaban J connectivity index is 2.46. The van der Waals surface area contributed by atoms with Crippen LogP contribution in [-0.4, -0.2) is 47.9 Å². The minimum Gasteiger partial charge on any atom is -0.467 e. The summed E-state index contributed by atoms with van der Waals surface area (Å²) in [7, 11) is 0.867. The summed E-state index contributed by atoms with van der Waals surface area (Å²) < 4.78 is 80.4. The van der Waals surface area contributed by atoms with E-state index in [0.717, 1.165) is 13.3 Å². The molecule has 1 atom stereocenters. The third kappa shape index (κ3) is 4.43. The molecule has 1 amide bonds. The highest BCUT2D eigenvalue weighted by molar-refractivity contribution is 5.97. The first kappa shape index (κ1) is 21.3. The van der Waals surface area contributed by atoms with E-state index in [1.807, 2.05) is 0 Å². The van der Waals surface area contributed by atoms with Crippen molar-refractivity contribution in [2.45, 2.75) is 24.8 Å². The fraction of sp³-hybridized carbons (Fsp3) is 0.312. The maximum absolute atomic E-state index is 12.8. The monoisotopic (exact) mass is 410 g/mol. The number of ether oxygens (including phenoxy) is 1. The Morgan fingerprint density at radius 3 is 2.21 bits per heavy atom. The summed E-state index contributed by atoms with van der Waals surface area (Å²) in [6.07, 6.45) is -10.4. The normalized spacial score (nSPS) is 13.2. The number of hydrogen-bond donors (Lipinski definition) is 1. The van der Waals surface area contributed by atoms with E-state index in [4.69, 9.17) is 0 Å². The van der Waals surface area contributed by atoms with Gasteiger partial charge >= 0.3 is 30.1 Å². The summed E-state index contributed by atoms with van der Waals surface area (Å²) in [5, 5.41) is 1.53. The maximum atomic E-state index is 12.8. The van der Waals surface area contributed by atoms with E-state index in [1.54, 1.807) is 0 Å². The Morgan fingerprint density at radius 1 is 1.07 bits per heavy atom. The third-order valence-electron chi connectivity index (χ3n) is 3.73. The lowest BCUT2D eigenvalue weighted by Crippen LogP contribution is -2.48. The molecular formula is C16H12F6N2O4. The van der Waals surface area contributed by atoms with Crippen LogP contribution in [0.15, 0.2) is 30.5 Å². The van der Waals surface area contributed by atoms with Crippen LogP contribution in [-0.2, 0) is 20.7 Å². The third-order valence-corrected chi connectivity index (χ3v) is 3.73. The molecule has 28 heavy (non-hydrogen) atoms. The van der Waals surface area contributed by atoms with E-state index < -0.39 is 42.6 Å². The first-order valence-corrected chi connectivity index (χ1v) is 7.52. The van der Waals surface area contributed by atoms with E-state index in [0.29, 0.717) is 0 Å². The van der Waals surface area contributed by atoms with E-state index in [9.17, 15) is 40.7 Å². The van der Waals surface area contributed by atoms with Crippen molar-refractivity contribution >= 4 is 28.7 Å². The highest BCUT2D eigenvalue weighted by Crippen LogP contribution is 2.27. The molecular weight excluding hydrogens is 398 g/mol. The Bertz CT molecular complexity index is 916. The number of aromatic nitrogens is 1. The van der Waals surface area contributed by atoms with Crippen LogP contribution in [0.3, 0.4) is 0 Å². The number of fused-ring (bicyclic) bond motifs is 1. The maximum Gasteiger partial charge on any atom is 0.472 e. The van der Waals surface area contributed by atoms with Gasteiger partial charge in [-0.15, -0.1) is 0 Å². The number of carbonyl (C=O) groups is 3. The molecule has 0 saturated carbocycles. The highest BCUT2D eigenvalue weighted by atomic mass is 19.4. The molecule has 0 radical (unpaired) electrons. The van der Waals surface area contributed by atoms with Crippen LogP contribution in [0.25, 0.3) is 10.9 Å². The molecule has 0 aliphatic heterocycles. The number of methoxy groups -OCH3 is 1. The van der Waals surface area contributed by atoms with Crippen LogP contribution in [0.2, 0.25) is 0 Å². The van der Waals surface area contributed by atoms with Gasteiger partial charge in [-0.3, -0.25) is 14.2 Å². The number of nitrogens with one attached hydrogen (secondary N) is 1. The molecule has 0 fully saturated rings. The second-order valence-electron chi connectivity index (χ2n) is 5.60. The smallest absolute Gasteiger partial charge is 0.467 e. The SMILES string of the molecule is COC(=O)C(Cc1cn(C(=O)C(F)(F)F)c2ccccc12)NC(=O)C(F)(F)F. The summed E-state index contributed by atoms with van der Waals surface area (Å²) in [5.74, 6) is -5.88. The van der Waals surface area contributed by atoms with Crippen LogP contribution in [0.1, 0.15) is 10.4 Å². The molecule has 0 spiro atoms. The van der Waals surface area contributed by atoms with Crippen molar-refractivity contribution in [3.63, 3.8) is 0 Å². The molecule has 12 heteroatoms. The van der Waals surface area contributed by atoms with E-state index in [2.05, 4.69) is 4.74 Å². The van der Waals surface area contributed by atoms with Crippen LogP contribution < -0.4 is 5.32 Å². The van der Waals surface area contributed by atoms with Gasteiger partial charge in [-0.05, 0) is 11.6 Å². The lowest BCUT2D eigenvalue weighted by Gasteiger charge is -2.17. The average molecular weight is 410 g/mol. The Morgan fingerprint density at radius 2 is 1.68 bits per heavy atom. The second-order valence-corrected chi connectivity index (χ2v) is 5.60. The summed E-state index contributed by atoms with van der Waals surface area (Å²) in [4.78, 5) is 34.5. The largest absolute Gasteiger partial charge is 0.472 e. The molecule has 2 rings (SSSR count). The first-order valence-electron chi connectivity index (χ1n) is 7.52. The van der Waals surface area contributed by atoms with E-state index in [1.165, 1.54) is 29.6 Å². The van der Waals surface area contributed by atoms with Gasteiger partial charge in [-0.1, -0.05) is 18.2 Å². The number of rotatable bonds is 4. The molecule has 1 aromatic heterocycles. The zero-order valence-corrected chi connectivity index (χ0v) is 14.0. The Hall–Kier alpha value is -3.05. The van der Waals surface area contributed by atoms with Gasteiger partial charge < -0.3 is 10.1 Å². The van der Waals surface area contributed by atoms with E-state index >= 15 is 0 Å². The first-order chi connectivity index (χ1) is 12.9. The minimum atomic E-state index is -5.29. The molecule has 2 aromatic rings. The van der Waals surface area contributed by atoms with Crippen LogP contribution >= 0.6 is 0 Å². The molecule has 1 aromatic carbocycles. The highest BCUT2D eigenvalue weighted by Gasteiger charge is 2.42. The molecule has 0 aliphatic rings. The number of amides is 1. The van der Waals surface area contributed by atoms with Crippen molar-refractivity contribution in [2.75, 3.05) is 7.11 Å². The van der Waals surface area contributed by atoms with Crippen molar-refractivity contribution in [1.82, 2.24) is 9.88 Å². The minimum absolute atomic E-state index is 0.0638. The predicted molar refractivity (Wildman–Crippen MR) is 82.3 cm³/mol. The number of halogens is 6. The fourth-order valence-corrected chi connectivity index (χ4v) is 2.51. The zero-order chi connectivity index (χ0) is 21.3. The lowest BCUT2D eigenvalue weighted by atomic mass is 10.0. The predicted octanol–water partition coefficient (Wildman–Crippen LogP) is 2.61. The number of carbonyl (C=O) groups excluding carboxylic acids is 3. The topological polar surface area (TPSA) is 77.4 Å². The van der Waals surface area contributed by atoms with Gasteiger partial charge in [0.05, 0.1) is 12.6 Å². The molecule has 0 saturated heterocycles. The quantitative estimate of drug-likeness (QED) is 0.621. The molecule has 1 unspecified atom stereocenters. The number of hydrogen-bond acceptors (Lipinski definition) is 4. The fourth-order valence-electron chi connectivity index (χ4n) is 2.51. The number of alkyl halides is 6. The lowest BCUT2D eigenvalue weighted by molar-refractivity contribution is -0.175. The second kappa shape index (κ2) is 7.52. The number of esters is 1. The molecule has 1 N–H and O–H groups in total. The van der Waals surface area contributed by atoms with Crippen molar-refractivity contribution < 1.29 is 45.5 Å². The van der Waals surface area contributed by atoms with Gasteiger partial charge in [0.15, 0.2) is 0 Å². The summed E-state index contributed by atoms with van der Waals surface area (Å²) >= 11 is 0. The summed E-state index contributed by atoms with van der Waals surface area (Å²) in [5.41, 5.74) is -0.225. The Kier molecular flexibility index (Phi) is 5.71. The summed E-state index contributed by atoms with van der Waals surface area (Å²) in [6.45, 7) is 0. The molecule has 0 aliphatic carbocycles. The van der Waals surface area contributed by atoms with Crippen molar-refractivity contribution in [1.29, 1.82) is 0 Å². The van der Waals surface area contributed by atoms with Crippen molar-refractivity contribution in [3.8, 4) is 0 Å². The Labute approximate surface area is 153 Å². The van der Waals surface area contributed by atoms with Gasteiger partial charge in [0.1, 0.15) is 6.04 Å². The molecule has 0 bridgehead atoms. The van der Waals surface area contributed by atoms with Crippen molar-refractivity contribution in [2.24, 2.45) is 0 Å². The van der Waals surface area contributed by atoms with Crippen LogP contribution in [0.5, 0.6) is 0 Å². The zero-order valence-electron chi connectivity index (χ0n) is 14.0. The van der Waals surface area contributed by atoms with Crippen molar-refractivity contribution in [3.05, 3.63) is 36.0 Å². The van der Waals surface area contributed by atoms with Gasteiger partial charge in [-0.25, -0.2) is 4.79 Å². The van der Waals surface area contributed by atoms with Gasteiger partial charge in [0.25, 0.3) is 0 Å². The van der Waals surface area contributed by atoms with Crippen LogP contribution in [0.4, 0.5) is 26.3 Å².